The van der Waals surface area contributed by atoms with Crippen LogP contribution in [0.1, 0.15) is 43.7 Å². The molecular weight excluding hydrogens is 388 g/mol. The number of ether oxygens (including phenoxy) is 2. The SMILES string of the molecule is CCCC[C@@]12CCO[C@@H]1N(C)c1ccc(OC(=O)Nc3ccc(C)c(Cl)c3)cc12. The molecule has 0 aromatic heterocycles. The lowest BCUT2D eigenvalue weighted by molar-refractivity contribution is 0.0844. The number of rotatable bonds is 5. The van der Waals surface area contributed by atoms with E-state index < -0.39 is 6.09 Å². The molecule has 1 N–H and O–H groups in total. The van der Waals surface area contributed by atoms with E-state index in [9.17, 15) is 4.79 Å². The number of unbranched alkanes of at least 4 members (excludes halogenated alkanes) is 1. The topological polar surface area (TPSA) is 50.8 Å². The predicted molar refractivity (Wildman–Crippen MR) is 116 cm³/mol. The Morgan fingerprint density at radius 3 is 2.93 bits per heavy atom. The lowest BCUT2D eigenvalue weighted by Gasteiger charge is -2.30. The average molecular weight is 415 g/mol. The van der Waals surface area contributed by atoms with Crippen LogP contribution in [0.5, 0.6) is 5.75 Å². The molecule has 29 heavy (non-hydrogen) atoms. The Balaban J connectivity index is 1.55. The molecule has 0 radical (unpaired) electrons. The number of aryl methyl sites for hydroxylation is 1. The van der Waals surface area contributed by atoms with Crippen LogP contribution in [0.4, 0.5) is 16.2 Å². The number of carbonyl (C=O) groups is 1. The van der Waals surface area contributed by atoms with Crippen LogP contribution in [0.15, 0.2) is 36.4 Å². The van der Waals surface area contributed by atoms with Gasteiger partial charge in [-0.1, -0.05) is 37.4 Å². The zero-order valence-corrected chi connectivity index (χ0v) is 17.9. The van der Waals surface area contributed by atoms with E-state index in [4.69, 9.17) is 21.1 Å². The molecule has 2 heterocycles. The van der Waals surface area contributed by atoms with Crippen molar-refractivity contribution in [1.29, 1.82) is 0 Å². The minimum absolute atomic E-state index is 0.0274. The van der Waals surface area contributed by atoms with Gasteiger partial charge in [-0.3, -0.25) is 5.32 Å². The van der Waals surface area contributed by atoms with Crippen molar-refractivity contribution < 1.29 is 14.3 Å². The molecule has 1 fully saturated rings. The number of anilines is 2. The Kier molecular flexibility index (Phi) is 5.45. The predicted octanol–water partition coefficient (Wildman–Crippen LogP) is 5.88. The highest BCUT2D eigenvalue weighted by atomic mass is 35.5. The first kappa shape index (κ1) is 20.0. The molecular formula is C23H27ClN2O3. The van der Waals surface area contributed by atoms with Gasteiger partial charge in [0.15, 0.2) is 0 Å². The number of halogens is 1. The second-order valence-corrected chi connectivity index (χ2v) is 8.41. The first-order valence-electron chi connectivity index (χ1n) is 10.2. The summed E-state index contributed by atoms with van der Waals surface area (Å²) < 4.78 is 11.7. The first-order chi connectivity index (χ1) is 13.9. The van der Waals surface area contributed by atoms with Crippen LogP contribution >= 0.6 is 11.6 Å². The minimum atomic E-state index is -0.530. The van der Waals surface area contributed by atoms with Gasteiger partial charge < -0.3 is 14.4 Å². The number of hydrogen-bond donors (Lipinski definition) is 1. The molecule has 2 aliphatic heterocycles. The largest absolute Gasteiger partial charge is 0.417 e. The number of carbonyl (C=O) groups excluding carboxylic acids is 1. The van der Waals surface area contributed by atoms with Gasteiger partial charge >= 0.3 is 6.09 Å². The number of nitrogens with zero attached hydrogens (tertiary/aromatic N) is 1. The maximum absolute atomic E-state index is 12.4. The molecule has 0 saturated carbocycles. The van der Waals surface area contributed by atoms with Gasteiger partial charge in [-0.2, -0.15) is 0 Å². The average Bonchev–Trinajstić information content (AvgIpc) is 3.21. The monoisotopic (exact) mass is 414 g/mol. The number of benzene rings is 2. The molecule has 2 aromatic rings. The van der Waals surface area contributed by atoms with Crippen molar-refractivity contribution in [2.75, 3.05) is 23.9 Å². The van der Waals surface area contributed by atoms with Crippen molar-refractivity contribution in [3.8, 4) is 5.75 Å². The molecule has 4 rings (SSSR count). The third-order valence-corrected chi connectivity index (χ3v) is 6.55. The Morgan fingerprint density at radius 2 is 2.17 bits per heavy atom. The first-order valence-corrected chi connectivity index (χ1v) is 10.6. The van der Waals surface area contributed by atoms with Crippen LogP contribution in [-0.2, 0) is 10.2 Å². The minimum Gasteiger partial charge on any atom is -0.410 e. The van der Waals surface area contributed by atoms with E-state index in [0.29, 0.717) is 16.5 Å². The Hall–Kier alpha value is -2.24. The van der Waals surface area contributed by atoms with E-state index in [-0.39, 0.29) is 11.6 Å². The molecule has 0 unspecified atom stereocenters. The van der Waals surface area contributed by atoms with Crippen LogP contribution in [0.2, 0.25) is 5.02 Å². The van der Waals surface area contributed by atoms with E-state index in [1.54, 1.807) is 12.1 Å². The lowest BCUT2D eigenvalue weighted by atomic mass is 9.75. The van der Waals surface area contributed by atoms with Crippen molar-refractivity contribution in [2.24, 2.45) is 0 Å². The molecule has 2 aliphatic rings. The number of fused-ring (bicyclic) bond motifs is 3. The summed E-state index contributed by atoms with van der Waals surface area (Å²) in [6, 6.07) is 11.3. The molecule has 0 bridgehead atoms. The van der Waals surface area contributed by atoms with Crippen molar-refractivity contribution in [2.45, 2.75) is 51.2 Å². The summed E-state index contributed by atoms with van der Waals surface area (Å²) in [6.45, 7) is 4.89. The highest BCUT2D eigenvalue weighted by Gasteiger charge is 2.53. The van der Waals surface area contributed by atoms with E-state index in [1.165, 1.54) is 5.56 Å². The molecule has 154 valence electrons. The fraction of sp³-hybridized carbons (Fsp3) is 0.435. The maximum atomic E-state index is 12.4. The molecule has 0 aliphatic carbocycles. The Morgan fingerprint density at radius 1 is 1.34 bits per heavy atom. The van der Waals surface area contributed by atoms with E-state index in [0.717, 1.165) is 43.5 Å². The third kappa shape index (κ3) is 3.58. The smallest absolute Gasteiger partial charge is 0.410 e. The lowest BCUT2D eigenvalue weighted by Crippen LogP contribution is -2.39. The standard InChI is InChI=1S/C23H27ClN2O3/c1-4-5-10-23-11-12-28-21(23)26(3)20-9-8-17(14-18(20)23)29-22(27)25-16-7-6-15(2)19(24)13-16/h6-9,13-14,21H,4-5,10-12H2,1-3H3,(H,25,27)/t21-,23-/m0/s1. The van der Waals surface area contributed by atoms with Gasteiger partial charge in [-0.15, -0.1) is 0 Å². The van der Waals surface area contributed by atoms with E-state index in [1.807, 2.05) is 31.2 Å². The highest BCUT2D eigenvalue weighted by molar-refractivity contribution is 6.31. The number of likely N-dealkylation sites (N-methyl/N-ethyl adjacent to an activating group) is 1. The van der Waals surface area contributed by atoms with Crippen LogP contribution in [-0.4, -0.2) is 26.0 Å². The van der Waals surface area contributed by atoms with E-state index >= 15 is 0 Å². The van der Waals surface area contributed by atoms with Gasteiger partial charge in [0, 0.05) is 28.9 Å². The molecule has 0 spiro atoms. The second kappa shape index (κ2) is 7.88. The summed E-state index contributed by atoms with van der Waals surface area (Å²) in [5, 5.41) is 3.35. The van der Waals surface area contributed by atoms with Crippen molar-refractivity contribution in [1.82, 2.24) is 0 Å². The van der Waals surface area contributed by atoms with Crippen molar-refractivity contribution in [3.63, 3.8) is 0 Å². The van der Waals surface area contributed by atoms with Gasteiger partial charge in [-0.25, -0.2) is 4.79 Å². The molecule has 6 heteroatoms. The van der Waals surface area contributed by atoms with Gasteiger partial charge in [-0.05, 0) is 61.2 Å². The van der Waals surface area contributed by atoms with E-state index in [2.05, 4.69) is 24.2 Å². The Labute approximate surface area is 176 Å². The molecule has 1 saturated heterocycles. The van der Waals surface area contributed by atoms with Gasteiger partial charge in [0.05, 0.1) is 6.61 Å². The van der Waals surface area contributed by atoms with Crippen LogP contribution < -0.4 is 15.0 Å². The summed E-state index contributed by atoms with van der Waals surface area (Å²) >= 11 is 6.14. The van der Waals surface area contributed by atoms with Crippen LogP contribution in [0, 0.1) is 6.92 Å². The normalized spacial score (nSPS) is 22.3. The molecule has 5 nitrogen and oxygen atoms in total. The Bertz CT molecular complexity index is 932. The fourth-order valence-corrected chi connectivity index (χ4v) is 4.77. The summed E-state index contributed by atoms with van der Waals surface area (Å²) in [5.41, 5.74) is 3.91. The van der Waals surface area contributed by atoms with Gasteiger partial charge in [0.25, 0.3) is 0 Å². The molecule has 2 atom stereocenters. The van der Waals surface area contributed by atoms with Crippen molar-refractivity contribution in [3.05, 3.63) is 52.5 Å². The number of amides is 1. The fourth-order valence-electron chi connectivity index (χ4n) is 4.59. The highest BCUT2D eigenvalue weighted by Crippen LogP contribution is 2.54. The number of hydrogen-bond acceptors (Lipinski definition) is 4. The number of nitrogens with one attached hydrogen (secondary N) is 1. The van der Waals surface area contributed by atoms with Crippen LogP contribution in [0.3, 0.4) is 0 Å². The van der Waals surface area contributed by atoms with Crippen LogP contribution in [0.25, 0.3) is 0 Å². The zero-order valence-electron chi connectivity index (χ0n) is 17.1. The van der Waals surface area contributed by atoms with Crippen molar-refractivity contribution >= 4 is 29.1 Å². The van der Waals surface area contributed by atoms with Gasteiger partial charge in [0.2, 0.25) is 0 Å². The van der Waals surface area contributed by atoms with Gasteiger partial charge in [0.1, 0.15) is 12.0 Å². The second-order valence-electron chi connectivity index (χ2n) is 8.00. The summed E-state index contributed by atoms with van der Waals surface area (Å²) in [4.78, 5) is 14.6. The third-order valence-electron chi connectivity index (χ3n) is 6.14. The summed E-state index contributed by atoms with van der Waals surface area (Å²) in [5.74, 6) is 0.538. The summed E-state index contributed by atoms with van der Waals surface area (Å²) in [7, 11) is 2.08. The molecule has 2 aromatic carbocycles. The molecule has 1 amide bonds. The zero-order chi connectivity index (χ0) is 20.6. The summed E-state index contributed by atoms with van der Waals surface area (Å²) in [6.07, 6.45) is 3.88. The quantitative estimate of drug-likeness (QED) is 0.663. The maximum Gasteiger partial charge on any atom is 0.417 e.